The monoisotopic (exact) mass is 328 g/mol. The number of Topliss-reactive ketones (excluding diaryl/α,β-unsaturated/α-hetero) is 1. The largest absolute Gasteiger partial charge is 0.324 e. The third-order valence-corrected chi connectivity index (χ3v) is 3.82. The molecule has 1 amide bonds. The molecule has 0 aliphatic heterocycles. The minimum atomic E-state index is -0.472. The van der Waals surface area contributed by atoms with Gasteiger partial charge in [-0.3, -0.25) is 24.4 Å². The first-order valence-corrected chi connectivity index (χ1v) is 7.57. The van der Waals surface area contributed by atoms with Crippen LogP contribution in [0.5, 0.6) is 0 Å². The lowest BCUT2D eigenvalue weighted by molar-refractivity contribution is -0.385. The number of carbonyl (C=O) groups excluding carboxylic acids is 2. The summed E-state index contributed by atoms with van der Waals surface area (Å²) in [6, 6.07) is 6.69. The number of nitrogens with zero attached hydrogens (tertiary/aromatic N) is 3. The molecule has 2 aromatic rings. The van der Waals surface area contributed by atoms with E-state index in [-0.39, 0.29) is 23.9 Å². The summed E-state index contributed by atoms with van der Waals surface area (Å²) in [6.45, 7) is 1.27. The average Bonchev–Trinajstić information content (AvgIpc) is 3.28. The first-order chi connectivity index (χ1) is 11.5. The SMILES string of the molecule is CC(=O)c1ccccc1NC(=O)Cn1cc([N+](=O)[O-])c(C2CC2)n1. The molecule has 0 saturated heterocycles. The van der Waals surface area contributed by atoms with Gasteiger partial charge in [-0.2, -0.15) is 5.10 Å². The molecule has 0 spiro atoms. The fourth-order valence-electron chi connectivity index (χ4n) is 2.53. The number of aromatic nitrogens is 2. The highest BCUT2D eigenvalue weighted by Gasteiger charge is 2.34. The lowest BCUT2D eigenvalue weighted by Gasteiger charge is -2.08. The number of anilines is 1. The summed E-state index contributed by atoms with van der Waals surface area (Å²) in [5.74, 6) is -0.437. The molecular weight excluding hydrogens is 312 g/mol. The Hall–Kier alpha value is -3.03. The number of hydrogen-bond donors (Lipinski definition) is 1. The van der Waals surface area contributed by atoms with Crippen molar-refractivity contribution < 1.29 is 14.5 Å². The molecule has 8 heteroatoms. The standard InChI is InChI=1S/C16H16N4O4/c1-10(21)12-4-2-3-5-13(12)17-15(22)9-19-8-14(20(23)24)16(18-19)11-6-7-11/h2-5,8,11H,6-7,9H2,1H3,(H,17,22). The molecule has 0 unspecified atom stereocenters. The van der Waals surface area contributed by atoms with E-state index in [1.807, 2.05) is 0 Å². The van der Waals surface area contributed by atoms with Crippen molar-refractivity contribution in [2.24, 2.45) is 0 Å². The zero-order valence-electron chi connectivity index (χ0n) is 13.1. The summed E-state index contributed by atoms with van der Waals surface area (Å²) in [4.78, 5) is 34.4. The highest BCUT2D eigenvalue weighted by molar-refractivity contribution is 6.03. The predicted molar refractivity (Wildman–Crippen MR) is 85.9 cm³/mol. The van der Waals surface area contributed by atoms with Crippen molar-refractivity contribution in [1.29, 1.82) is 0 Å². The first-order valence-electron chi connectivity index (χ1n) is 7.57. The molecule has 124 valence electrons. The summed E-state index contributed by atoms with van der Waals surface area (Å²) < 4.78 is 1.28. The lowest BCUT2D eigenvalue weighted by Crippen LogP contribution is -2.20. The molecule has 8 nitrogen and oxygen atoms in total. The van der Waals surface area contributed by atoms with Gasteiger partial charge in [0.2, 0.25) is 5.91 Å². The second-order valence-electron chi connectivity index (χ2n) is 5.78. The Bertz CT molecular complexity index is 823. The maximum Gasteiger partial charge on any atom is 0.310 e. The van der Waals surface area contributed by atoms with Crippen molar-refractivity contribution in [1.82, 2.24) is 9.78 Å². The summed E-state index contributed by atoms with van der Waals surface area (Å²) in [7, 11) is 0. The Morgan fingerprint density at radius 1 is 1.38 bits per heavy atom. The predicted octanol–water partition coefficient (Wildman–Crippen LogP) is 2.51. The minimum absolute atomic E-state index is 0.0468. The molecule has 1 fully saturated rings. The van der Waals surface area contributed by atoms with Crippen LogP contribution < -0.4 is 5.32 Å². The van der Waals surface area contributed by atoms with Gasteiger partial charge < -0.3 is 5.32 Å². The van der Waals surface area contributed by atoms with Crippen molar-refractivity contribution >= 4 is 23.1 Å². The van der Waals surface area contributed by atoms with Gasteiger partial charge in [-0.15, -0.1) is 0 Å². The third-order valence-electron chi connectivity index (χ3n) is 3.82. The van der Waals surface area contributed by atoms with Crippen molar-refractivity contribution in [3.8, 4) is 0 Å². The van der Waals surface area contributed by atoms with E-state index < -0.39 is 10.8 Å². The molecule has 1 aromatic carbocycles. The van der Waals surface area contributed by atoms with Gasteiger partial charge in [0.15, 0.2) is 5.78 Å². The van der Waals surface area contributed by atoms with Crippen LogP contribution in [0, 0.1) is 10.1 Å². The highest BCUT2D eigenvalue weighted by atomic mass is 16.6. The van der Waals surface area contributed by atoms with Crippen LogP contribution in [0.1, 0.15) is 41.7 Å². The van der Waals surface area contributed by atoms with E-state index in [0.717, 1.165) is 12.8 Å². The van der Waals surface area contributed by atoms with E-state index in [9.17, 15) is 19.7 Å². The third kappa shape index (κ3) is 3.32. The van der Waals surface area contributed by atoms with E-state index >= 15 is 0 Å². The van der Waals surface area contributed by atoms with E-state index in [1.165, 1.54) is 17.8 Å². The first kappa shape index (κ1) is 15.9. The summed E-state index contributed by atoms with van der Waals surface area (Å²) in [5.41, 5.74) is 1.22. The van der Waals surface area contributed by atoms with Crippen LogP contribution in [0.4, 0.5) is 11.4 Å². The molecule has 24 heavy (non-hydrogen) atoms. The number of rotatable bonds is 6. The number of nitrogens with one attached hydrogen (secondary N) is 1. The van der Waals surface area contributed by atoms with E-state index in [1.54, 1.807) is 24.3 Å². The molecule has 1 aliphatic carbocycles. The average molecular weight is 328 g/mol. The van der Waals surface area contributed by atoms with Crippen molar-refractivity contribution in [2.45, 2.75) is 32.2 Å². The molecule has 3 rings (SSSR count). The number of para-hydroxylation sites is 1. The van der Waals surface area contributed by atoms with E-state index in [0.29, 0.717) is 16.9 Å². The molecule has 1 saturated carbocycles. The molecule has 0 bridgehead atoms. The van der Waals surface area contributed by atoms with Gasteiger partial charge in [-0.25, -0.2) is 0 Å². The lowest BCUT2D eigenvalue weighted by atomic mass is 10.1. The maximum atomic E-state index is 12.2. The van der Waals surface area contributed by atoms with Gasteiger partial charge in [0, 0.05) is 11.5 Å². The van der Waals surface area contributed by atoms with Crippen LogP contribution in [-0.2, 0) is 11.3 Å². The number of benzene rings is 1. The second kappa shape index (κ2) is 6.23. The molecule has 1 aliphatic rings. The van der Waals surface area contributed by atoms with Crippen molar-refractivity contribution in [3.63, 3.8) is 0 Å². The topological polar surface area (TPSA) is 107 Å². The number of carbonyl (C=O) groups is 2. The number of hydrogen-bond acceptors (Lipinski definition) is 5. The fourth-order valence-corrected chi connectivity index (χ4v) is 2.53. The normalized spacial score (nSPS) is 13.5. The number of ketones is 1. The van der Waals surface area contributed by atoms with Gasteiger partial charge in [-0.1, -0.05) is 12.1 Å². The van der Waals surface area contributed by atoms with Gasteiger partial charge in [-0.05, 0) is 31.9 Å². The Kier molecular flexibility index (Phi) is 4.11. The smallest absolute Gasteiger partial charge is 0.310 e. The zero-order valence-corrected chi connectivity index (χ0v) is 13.1. The Labute approximate surface area is 137 Å². The van der Waals surface area contributed by atoms with Crippen LogP contribution in [0.25, 0.3) is 0 Å². The van der Waals surface area contributed by atoms with Crippen molar-refractivity contribution in [3.05, 3.63) is 51.8 Å². The van der Waals surface area contributed by atoms with Gasteiger partial charge in [0.1, 0.15) is 18.4 Å². The Morgan fingerprint density at radius 3 is 2.71 bits per heavy atom. The number of amides is 1. The molecule has 1 N–H and O–H groups in total. The Balaban J connectivity index is 1.75. The quantitative estimate of drug-likeness (QED) is 0.498. The minimum Gasteiger partial charge on any atom is -0.324 e. The van der Waals surface area contributed by atoms with Crippen LogP contribution in [0.3, 0.4) is 0 Å². The fraction of sp³-hybridized carbons (Fsp3) is 0.312. The second-order valence-corrected chi connectivity index (χ2v) is 5.78. The van der Waals surface area contributed by atoms with Crippen LogP contribution >= 0.6 is 0 Å². The molecule has 0 radical (unpaired) electrons. The summed E-state index contributed by atoms with van der Waals surface area (Å²) in [6.07, 6.45) is 3.05. The van der Waals surface area contributed by atoms with Crippen LogP contribution in [0.15, 0.2) is 30.5 Å². The maximum absolute atomic E-state index is 12.2. The molecule has 0 atom stereocenters. The van der Waals surface area contributed by atoms with Crippen molar-refractivity contribution in [2.75, 3.05) is 5.32 Å². The number of nitro groups is 1. The molecular formula is C16H16N4O4. The van der Waals surface area contributed by atoms with Gasteiger partial charge >= 0.3 is 5.69 Å². The summed E-state index contributed by atoms with van der Waals surface area (Å²) in [5, 5.41) is 17.9. The highest BCUT2D eigenvalue weighted by Crippen LogP contribution is 2.43. The van der Waals surface area contributed by atoms with E-state index in [4.69, 9.17) is 0 Å². The van der Waals surface area contributed by atoms with Crippen LogP contribution in [0.2, 0.25) is 0 Å². The van der Waals surface area contributed by atoms with E-state index in [2.05, 4.69) is 10.4 Å². The van der Waals surface area contributed by atoms with Gasteiger partial charge in [0.25, 0.3) is 0 Å². The van der Waals surface area contributed by atoms with Gasteiger partial charge in [0.05, 0.1) is 10.6 Å². The molecule has 1 heterocycles. The summed E-state index contributed by atoms with van der Waals surface area (Å²) >= 11 is 0. The zero-order chi connectivity index (χ0) is 17.3. The van der Waals surface area contributed by atoms with Crippen LogP contribution in [-0.4, -0.2) is 26.4 Å². The Morgan fingerprint density at radius 2 is 2.08 bits per heavy atom. The molecule has 1 aromatic heterocycles.